The quantitative estimate of drug-likeness (QED) is 0.699. The second-order valence-electron chi connectivity index (χ2n) is 5.03. The summed E-state index contributed by atoms with van der Waals surface area (Å²) in [6.45, 7) is 9.66. The highest BCUT2D eigenvalue weighted by Gasteiger charge is 2.50. The average Bonchev–Trinajstić information content (AvgIpc) is 2.45. The van der Waals surface area contributed by atoms with Gasteiger partial charge >= 0.3 is 0 Å². The van der Waals surface area contributed by atoms with Crippen LogP contribution in [0.15, 0.2) is 0 Å². The van der Waals surface area contributed by atoms with Crippen LogP contribution in [0.25, 0.3) is 0 Å². The van der Waals surface area contributed by atoms with Crippen molar-refractivity contribution in [1.29, 1.82) is 0 Å². The lowest BCUT2D eigenvalue weighted by Crippen LogP contribution is -2.54. The summed E-state index contributed by atoms with van der Waals surface area (Å²) in [5.74, 6) is 1.21. The molecule has 1 aliphatic rings. The number of nitrogens with one attached hydrogen (secondary N) is 1. The van der Waals surface area contributed by atoms with Crippen LogP contribution in [0.5, 0.6) is 0 Å². The zero-order valence-electron chi connectivity index (χ0n) is 9.75. The molecule has 1 N–H and O–H groups in total. The molecule has 5 heteroatoms. The molecule has 0 aromatic carbocycles. The van der Waals surface area contributed by atoms with E-state index < -0.39 is 5.41 Å². The van der Waals surface area contributed by atoms with Crippen molar-refractivity contribution in [1.82, 2.24) is 14.8 Å². The lowest BCUT2D eigenvalue weighted by Gasteiger charge is -2.43. The van der Waals surface area contributed by atoms with Crippen LogP contribution in [0.1, 0.15) is 33.5 Å². The zero-order valence-corrected chi connectivity index (χ0v) is 9.75. The molecule has 1 amide bonds. The minimum atomic E-state index is -0.500. The summed E-state index contributed by atoms with van der Waals surface area (Å²) in [7, 11) is 0. The standard InChI is InChI=1S/C10H16N4O/c1-6-11-8-12-7(15)9(2,3)10(4,5)14(8)13-6/h1-5H3,(H,11,12,13,15). The first-order valence-electron chi connectivity index (χ1n) is 5.02. The van der Waals surface area contributed by atoms with Gasteiger partial charge in [-0.15, -0.1) is 0 Å². The van der Waals surface area contributed by atoms with Crippen LogP contribution >= 0.6 is 0 Å². The van der Waals surface area contributed by atoms with Gasteiger partial charge < -0.3 is 0 Å². The topological polar surface area (TPSA) is 59.8 Å². The van der Waals surface area contributed by atoms with E-state index in [2.05, 4.69) is 15.4 Å². The Morgan fingerprint density at radius 1 is 1.27 bits per heavy atom. The monoisotopic (exact) mass is 208 g/mol. The Morgan fingerprint density at radius 3 is 2.47 bits per heavy atom. The van der Waals surface area contributed by atoms with Gasteiger partial charge in [0.05, 0.1) is 11.0 Å². The lowest BCUT2D eigenvalue weighted by atomic mass is 9.73. The molecular weight excluding hydrogens is 192 g/mol. The molecule has 0 radical (unpaired) electrons. The van der Waals surface area contributed by atoms with Crippen molar-refractivity contribution in [3.8, 4) is 0 Å². The summed E-state index contributed by atoms with van der Waals surface area (Å²) < 4.78 is 1.80. The molecule has 0 saturated carbocycles. The van der Waals surface area contributed by atoms with Gasteiger partial charge in [0.15, 0.2) is 0 Å². The fourth-order valence-electron chi connectivity index (χ4n) is 1.69. The maximum atomic E-state index is 11.9. The summed E-state index contributed by atoms with van der Waals surface area (Å²) in [5, 5.41) is 7.10. The van der Waals surface area contributed by atoms with Crippen LogP contribution in [-0.4, -0.2) is 20.7 Å². The summed E-state index contributed by atoms with van der Waals surface area (Å²) in [6, 6.07) is 0. The molecule has 2 rings (SSSR count). The molecule has 5 nitrogen and oxygen atoms in total. The van der Waals surface area contributed by atoms with E-state index >= 15 is 0 Å². The van der Waals surface area contributed by atoms with Crippen LogP contribution < -0.4 is 5.32 Å². The SMILES string of the molecule is Cc1nc2n(n1)C(C)(C)C(C)(C)C(=O)N2. The minimum absolute atomic E-state index is 0.00704. The number of amides is 1. The highest BCUT2D eigenvalue weighted by molar-refractivity contribution is 5.95. The molecule has 1 aliphatic heterocycles. The Balaban J connectivity index is 2.66. The van der Waals surface area contributed by atoms with Crippen molar-refractivity contribution in [2.24, 2.45) is 5.41 Å². The second-order valence-corrected chi connectivity index (χ2v) is 5.03. The number of fused-ring (bicyclic) bond motifs is 1. The first-order chi connectivity index (χ1) is 6.76. The molecule has 2 heterocycles. The molecule has 0 bridgehead atoms. The predicted molar refractivity (Wildman–Crippen MR) is 56.5 cm³/mol. The van der Waals surface area contributed by atoms with Crippen molar-refractivity contribution in [3.63, 3.8) is 0 Å². The van der Waals surface area contributed by atoms with Crippen molar-refractivity contribution in [3.05, 3.63) is 5.82 Å². The van der Waals surface area contributed by atoms with E-state index in [4.69, 9.17) is 0 Å². The molecule has 0 fully saturated rings. The van der Waals surface area contributed by atoms with Crippen LogP contribution in [0.3, 0.4) is 0 Å². The summed E-state index contributed by atoms with van der Waals surface area (Å²) in [4.78, 5) is 16.1. The Kier molecular flexibility index (Phi) is 1.75. The smallest absolute Gasteiger partial charge is 0.234 e. The molecule has 1 aromatic rings. The summed E-state index contributed by atoms with van der Waals surface area (Å²) in [5.41, 5.74) is -0.869. The largest absolute Gasteiger partial charge is 0.294 e. The Bertz CT molecular complexity index is 431. The third kappa shape index (κ3) is 1.12. The maximum Gasteiger partial charge on any atom is 0.234 e. The Labute approximate surface area is 88.9 Å². The second kappa shape index (κ2) is 2.59. The molecule has 0 saturated heterocycles. The van der Waals surface area contributed by atoms with Gasteiger partial charge in [-0.2, -0.15) is 10.1 Å². The number of anilines is 1. The number of rotatable bonds is 0. The fourth-order valence-corrected chi connectivity index (χ4v) is 1.69. The number of aromatic nitrogens is 3. The predicted octanol–water partition coefficient (Wildman–Crippen LogP) is 1.30. The summed E-state index contributed by atoms with van der Waals surface area (Å²) in [6.07, 6.45) is 0. The maximum absolute atomic E-state index is 11.9. The third-order valence-corrected chi connectivity index (χ3v) is 3.57. The fraction of sp³-hybridized carbons (Fsp3) is 0.700. The normalized spacial score (nSPS) is 22.1. The van der Waals surface area contributed by atoms with E-state index in [-0.39, 0.29) is 11.4 Å². The van der Waals surface area contributed by atoms with Gasteiger partial charge in [-0.1, -0.05) is 0 Å². The number of carbonyl (C=O) groups excluding carboxylic acids is 1. The number of hydrogen-bond donors (Lipinski definition) is 1. The first kappa shape index (κ1) is 10.1. The Morgan fingerprint density at radius 2 is 1.87 bits per heavy atom. The molecule has 0 unspecified atom stereocenters. The van der Waals surface area contributed by atoms with Crippen molar-refractivity contribution in [2.45, 2.75) is 40.2 Å². The number of carbonyl (C=O) groups is 1. The zero-order chi connectivity index (χ0) is 11.4. The van der Waals surface area contributed by atoms with E-state index in [0.29, 0.717) is 11.8 Å². The van der Waals surface area contributed by atoms with Gasteiger partial charge in [0, 0.05) is 0 Å². The van der Waals surface area contributed by atoms with E-state index in [0.717, 1.165) is 0 Å². The van der Waals surface area contributed by atoms with Crippen molar-refractivity contribution in [2.75, 3.05) is 5.32 Å². The van der Waals surface area contributed by atoms with Gasteiger partial charge in [-0.25, -0.2) is 4.68 Å². The molecular formula is C10H16N4O. The molecule has 1 aromatic heterocycles. The average molecular weight is 208 g/mol. The number of nitrogens with zero attached hydrogens (tertiary/aromatic N) is 3. The molecule has 0 atom stereocenters. The highest BCUT2D eigenvalue weighted by Crippen LogP contribution is 2.42. The van der Waals surface area contributed by atoms with Crippen LogP contribution in [-0.2, 0) is 10.3 Å². The van der Waals surface area contributed by atoms with E-state index in [9.17, 15) is 4.79 Å². The van der Waals surface area contributed by atoms with Crippen LogP contribution in [0.2, 0.25) is 0 Å². The Hall–Kier alpha value is -1.39. The van der Waals surface area contributed by atoms with Gasteiger partial charge in [0.1, 0.15) is 5.82 Å². The van der Waals surface area contributed by atoms with Crippen molar-refractivity contribution >= 4 is 11.9 Å². The van der Waals surface area contributed by atoms with Gasteiger partial charge in [-0.3, -0.25) is 10.1 Å². The highest BCUT2D eigenvalue weighted by atomic mass is 16.2. The van der Waals surface area contributed by atoms with Gasteiger partial charge in [0.25, 0.3) is 0 Å². The third-order valence-electron chi connectivity index (χ3n) is 3.57. The first-order valence-corrected chi connectivity index (χ1v) is 5.02. The molecule has 0 spiro atoms. The van der Waals surface area contributed by atoms with Gasteiger partial charge in [0.2, 0.25) is 11.9 Å². The van der Waals surface area contributed by atoms with Crippen LogP contribution in [0.4, 0.5) is 5.95 Å². The lowest BCUT2D eigenvalue weighted by molar-refractivity contribution is -0.131. The van der Waals surface area contributed by atoms with Gasteiger partial charge in [-0.05, 0) is 34.6 Å². The van der Waals surface area contributed by atoms with E-state index in [1.165, 1.54) is 0 Å². The minimum Gasteiger partial charge on any atom is -0.294 e. The van der Waals surface area contributed by atoms with Crippen molar-refractivity contribution < 1.29 is 4.79 Å². The van der Waals surface area contributed by atoms with E-state index in [1.807, 2.05) is 34.6 Å². The number of hydrogen-bond acceptors (Lipinski definition) is 3. The van der Waals surface area contributed by atoms with Crippen LogP contribution in [0, 0.1) is 12.3 Å². The van der Waals surface area contributed by atoms with E-state index in [1.54, 1.807) is 4.68 Å². The molecule has 15 heavy (non-hydrogen) atoms. The number of aryl methyl sites for hydroxylation is 1. The summed E-state index contributed by atoms with van der Waals surface area (Å²) >= 11 is 0. The molecule has 0 aliphatic carbocycles. The molecule has 82 valence electrons.